The highest BCUT2D eigenvalue weighted by Gasteiger charge is 2.64. The molecule has 232 valence electrons. The summed E-state index contributed by atoms with van der Waals surface area (Å²) in [5.41, 5.74) is 0.891. The Morgan fingerprint density at radius 3 is 2.51 bits per heavy atom. The van der Waals surface area contributed by atoms with Crippen LogP contribution in [-0.2, 0) is 9.47 Å². The standard InChI is InChI=1S/C31H52N2O4.C2H4.5H2/c1-20(19-34)4-6-23-17-27-28(37-23)18-26-24-7-5-21-16-22(32-29(35)33-12-14-36-15-13-33)8-10-30(21,2)25(24)9-11-31(26,27)3;1-2;;;;;/h20-28,34H,4-19H2,1-3H3,(H,32,35);1-2H2;5*1H/t20-,21+,22-,23+,24+,25?,26?,27?,28?,30-,31-;;;;;;/m0....../s1. The monoisotopic (exact) mass is 555 g/mol. The molecule has 0 aromatic rings. The number of hydrogen-bond acceptors (Lipinski definition) is 4. The molecule has 2 aliphatic heterocycles. The van der Waals surface area contributed by atoms with E-state index in [4.69, 9.17) is 9.47 Å². The number of rotatable bonds is 5. The molecule has 2 heterocycles. The first-order valence-electron chi connectivity index (χ1n) is 16.2. The van der Waals surface area contributed by atoms with Gasteiger partial charge in [0, 0.05) is 32.9 Å². The number of carbonyl (C=O) groups excluding carboxylic acids is 1. The SMILES string of the molecule is C=C.C[C@H](CO)CC[C@@H]1CC2C(CC3[C@@H]4CC[C@@H]5C[C@@H](NC(=O)N6CCOCC6)CC[C@]5(C)C4CC[C@]23C)O1.[HH].[HH].[HH].[HH].[HH]. The van der Waals surface area contributed by atoms with Crippen molar-refractivity contribution in [3.8, 4) is 0 Å². The highest BCUT2D eigenvalue weighted by atomic mass is 16.5. The number of ether oxygens (including phenoxy) is 2. The normalized spacial score (nSPS) is 45.6. The predicted molar refractivity (Wildman–Crippen MR) is 166 cm³/mol. The molecule has 2 amide bonds. The third-order valence-electron chi connectivity index (χ3n) is 12.7. The average Bonchev–Trinajstić information content (AvgIpc) is 3.50. The van der Waals surface area contributed by atoms with Crippen molar-refractivity contribution in [3.63, 3.8) is 0 Å². The summed E-state index contributed by atoms with van der Waals surface area (Å²) in [6.45, 7) is 16.5. The third kappa shape index (κ3) is 5.44. The van der Waals surface area contributed by atoms with E-state index in [1.807, 2.05) is 4.90 Å². The first kappa shape index (κ1) is 29.4. The molecule has 4 unspecified atom stereocenters. The Hall–Kier alpha value is -1.11. The minimum Gasteiger partial charge on any atom is -0.396 e. The van der Waals surface area contributed by atoms with Crippen LogP contribution in [0.25, 0.3) is 0 Å². The molecule has 6 fully saturated rings. The second-order valence-electron chi connectivity index (χ2n) is 14.5. The number of morpholine rings is 1. The number of hydrogen-bond donors (Lipinski definition) is 2. The van der Waals surface area contributed by atoms with Crippen LogP contribution in [0.5, 0.6) is 0 Å². The second-order valence-corrected chi connectivity index (χ2v) is 14.5. The maximum atomic E-state index is 12.8. The molecule has 0 bridgehead atoms. The smallest absolute Gasteiger partial charge is 0.317 e. The Kier molecular flexibility index (Phi) is 9.05. The molecule has 6 aliphatic rings. The number of aliphatic hydroxyl groups excluding tert-OH is 1. The van der Waals surface area contributed by atoms with Crippen LogP contribution in [0, 0.1) is 46.3 Å². The molecule has 0 aromatic heterocycles. The summed E-state index contributed by atoms with van der Waals surface area (Å²) in [6.07, 6.45) is 14.7. The second kappa shape index (κ2) is 12.0. The van der Waals surface area contributed by atoms with Gasteiger partial charge in [-0.1, -0.05) is 20.8 Å². The molecule has 4 aliphatic carbocycles. The van der Waals surface area contributed by atoms with Crippen molar-refractivity contribution in [1.29, 1.82) is 0 Å². The van der Waals surface area contributed by atoms with Gasteiger partial charge in [-0.05, 0) is 117 Å². The van der Waals surface area contributed by atoms with Gasteiger partial charge in [-0.25, -0.2) is 4.79 Å². The van der Waals surface area contributed by atoms with Gasteiger partial charge in [0.2, 0.25) is 0 Å². The fourth-order valence-corrected chi connectivity index (χ4v) is 10.4. The number of amides is 2. The van der Waals surface area contributed by atoms with Crippen molar-refractivity contribution in [2.45, 2.75) is 110 Å². The van der Waals surface area contributed by atoms with E-state index in [9.17, 15) is 9.90 Å². The van der Waals surface area contributed by atoms with E-state index in [1.165, 1.54) is 51.4 Å². The van der Waals surface area contributed by atoms with E-state index in [2.05, 4.69) is 39.2 Å². The summed E-state index contributed by atoms with van der Waals surface area (Å²) in [7, 11) is 0. The Bertz CT molecular complexity index is 870. The van der Waals surface area contributed by atoms with Gasteiger partial charge in [-0.2, -0.15) is 0 Å². The summed E-state index contributed by atoms with van der Waals surface area (Å²) in [6, 6.07) is 0.462. The Labute approximate surface area is 245 Å². The van der Waals surface area contributed by atoms with Crippen molar-refractivity contribution < 1.29 is 26.5 Å². The lowest BCUT2D eigenvalue weighted by Gasteiger charge is -2.61. The molecular weight excluding hydrogens is 488 g/mol. The first-order valence-corrected chi connectivity index (χ1v) is 16.2. The van der Waals surface area contributed by atoms with Gasteiger partial charge in [0.25, 0.3) is 0 Å². The minimum absolute atomic E-state index is 0. The Morgan fingerprint density at radius 1 is 1.03 bits per heavy atom. The fourth-order valence-electron chi connectivity index (χ4n) is 10.4. The predicted octanol–water partition coefficient (Wildman–Crippen LogP) is 7.26. The highest BCUT2D eigenvalue weighted by molar-refractivity contribution is 5.74. The van der Waals surface area contributed by atoms with E-state index >= 15 is 0 Å². The molecule has 39 heavy (non-hydrogen) atoms. The van der Waals surface area contributed by atoms with Crippen LogP contribution in [0.15, 0.2) is 13.2 Å². The molecule has 4 saturated carbocycles. The van der Waals surface area contributed by atoms with Crippen LogP contribution in [-0.4, -0.2) is 67.2 Å². The number of nitrogens with zero attached hydrogens (tertiary/aromatic N) is 1. The first-order chi connectivity index (χ1) is 18.8. The molecule has 2 saturated heterocycles. The zero-order chi connectivity index (χ0) is 27.8. The van der Waals surface area contributed by atoms with Crippen molar-refractivity contribution in [2.24, 2.45) is 46.3 Å². The molecule has 11 atom stereocenters. The van der Waals surface area contributed by atoms with E-state index in [1.54, 1.807) is 0 Å². The van der Waals surface area contributed by atoms with Gasteiger partial charge in [-0.3, -0.25) is 0 Å². The topological polar surface area (TPSA) is 71.0 Å². The number of carbonyl (C=O) groups is 1. The van der Waals surface area contributed by atoms with Crippen molar-refractivity contribution in [2.75, 3.05) is 32.9 Å². The van der Waals surface area contributed by atoms with Crippen molar-refractivity contribution >= 4 is 6.03 Å². The van der Waals surface area contributed by atoms with Crippen LogP contribution < -0.4 is 5.32 Å². The van der Waals surface area contributed by atoms with Gasteiger partial charge in [-0.15, -0.1) is 13.2 Å². The fraction of sp³-hybridized carbons (Fsp3) is 0.909. The van der Waals surface area contributed by atoms with Gasteiger partial charge in [0.15, 0.2) is 0 Å². The largest absolute Gasteiger partial charge is 0.396 e. The van der Waals surface area contributed by atoms with E-state index < -0.39 is 0 Å². The van der Waals surface area contributed by atoms with Gasteiger partial charge >= 0.3 is 6.03 Å². The lowest BCUT2D eigenvalue weighted by atomic mass is 9.44. The summed E-state index contributed by atoms with van der Waals surface area (Å²) in [5, 5.41) is 12.8. The van der Waals surface area contributed by atoms with Crippen molar-refractivity contribution in [3.05, 3.63) is 13.2 Å². The van der Waals surface area contributed by atoms with Crippen LogP contribution in [0.3, 0.4) is 0 Å². The Morgan fingerprint density at radius 2 is 1.77 bits per heavy atom. The summed E-state index contributed by atoms with van der Waals surface area (Å²) in [4.78, 5) is 14.8. The third-order valence-corrected chi connectivity index (χ3v) is 12.7. The maximum Gasteiger partial charge on any atom is 0.317 e. The summed E-state index contributed by atoms with van der Waals surface area (Å²) in [5.74, 6) is 4.42. The lowest BCUT2D eigenvalue weighted by Crippen LogP contribution is -2.56. The summed E-state index contributed by atoms with van der Waals surface area (Å²) < 4.78 is 12.1. The van der Waals surface area contributed by atoms with Crippen LogP contribution >= 0.6 is 0 Å². The molecule has 0 spiro atoms. The van der Waals surface area contributed by atoms with E-state index in [-0.39, 0.29) is 13.2 Å². The molecule has 6 nitrogen and oxygen atoms in total. The van der Waals surface area contributed by atoms with Gasteiger partial charge in [0.05, 0.1) is 25.4 Å². The number of nitrogens with one attached hydrogen (secondary N) is 1. The zero-order valence-corrected chi connectivity index (χ0v) is 25.0. The average molecular weight is 555 g/mol. The van der Waals surface area contributed by atoms with Crippen LogP contribution in [0.2, 0.25) is 0 Å². The van der Waals surface area contributed by atoms with Crippen LogP contribution in [0.1, 0.15) is 98.5 Å². The van der Waals surface area contributed by atoms with Gasteiger partial charge in [0.1, 0.15) is 0 Å². The number of fused-ring (bicyclic) bond motifs is 7. The molecular formula is C33H66N2O4. The number of urea groups is 1. The van der Waals surface area contributed by atoms with Crippen LogP contribution in [0.4, 0.5) is 4.79 Å². The Balaban J connectivity index is 0.00000259. The zero-order valence-electron chi connectivity index (χ0n) is 25.0. The lowest BCUT2D eigenvalue weighted by molar-refractivity contribution is -0.115. The van der Waals surface area contributed by atoms with Gasteiger partial charge < -0.3 is 24.8 Å². The molecule has 0 aromatic carbocycles. The molecule has 2 N–H and O–H groups in total. The van der Waals surface area contributed by atoms with Crippen molar-refractivity contribution in [1.82, 2.24) is 10.2 Å². The van der Waals surface area contributed by atoms with E-state index in [0.29, 0.717) is 54.8 Å². The highest BCUT2D eigenvalue weighted by Crippen LogP contribution is 2.69. The minimum atomic E-state index is 0. The van der Waals surface area contributed by atoms with E-state index in [0.717, 1.165) is 61.9 Å². The quantitative estimate of drug-likeness (QED) is 0.351. The summed E-state index contributed by atoms with van der Waals surface area (Å²) >= 11 is 0. The maximum absolute atomic E-state index is 12.8. The molecule has 0 radical (unpaired) electrons. The molecule has 6 heteroatoms. The molecule has 6 rings (SSSR count). The number of aliphatic hydroxyl groups is 1.